The van der Waals surface area contributed by atoms with Gasteiger partial charge < -0.3 is 19.8 Å². The second-order valence-electron chi connectivity index (χ2n) is 12.3. The first-order valence-corrected chi connectivity index (χ1v) is 13.4. The Hall–Kier alpha value is -1.62. The molecule has 0 unspecified atom stereocenters. The minimum Gasteiger partial charge on any atom is -0.382 e. The molecule has 11 nitrogen and oxygen atoms in total. The lowest BCUT2D eigenvalue weighted by Gasteiger charge is -2.32. The van der Waals surface area contributed by atoms with Gasteiger partial charge in [0.2, 0.25) is 0 Å². The number of hydrogen-bond acceptors (Lipinski definition) is 10. The maximum atomic E-state index is 13.7. The molecule has 2 aromatic heterocycles. The summed E-state index contributed by atoms with van der Waals surface area (Å²) in [6, 6.07) is -0.101. The molecule has 0 radical (unpaired) electrons. The van der Waals surface area contributed by atoms with Gasteiger partial charge in [-0.3, -0.25) is 13.6 Å². The highest BCUT2D eigenvalue weighted by atomic mass is 31.2. The van der Waals surface area contributed by atoms with Crippen molar-refractivity contribution in [1.82, 2.24) is 19.5 Å². The van der Waals surface area contributed by atoms with E-state index in [0.29, 0.717) is 17.0 Å². The topological polar surface area (TPSA) is 133 Å². The van der Waals surface area contributed by atoms with Crippen LogP contribution >= 0.6 is 7.82 Å². The second-order valence-corrected chi connectivity index (χ2v) is 13.8. The molecule has 0 aromatic carbocycles. The van der Waals surface area contributed by atoms with Crippen LogP contribution in [0.3, 0.4) is 0 Å². The molecule has 2 aromatic rings. The van der Waals surface area contributed by atoms with Gasteiger partial charge in [-0.25, -0.2) is 19.5 Å². The van der Waals surface area contributed by atoms with Crippen LogP contribution in [-0.2, 0) is 27.6 Å². The van der Waals surface area contributed by atoms with Gasteiger partial charge in [0, 0.05) is 5.41 Å². The zero-order chi connectivity index (χ0) is 25.6. The number of fused-ring (bicyclic) bond motifs is 4. The highest BCUT2D eigenvalue weighted by Crippen LogP contribution is 2.73. The highest BCUT2D eigenvalue weighted by Gasteiger charge is 2.76. The van der Waals surface area contributed by atoms with Crippen LogP contribution in [-0.4, -0.2) is 55.3 Å². The Morgan fingerprint density at radius 1 is 1.11 bits per heavy atom. The van der Waals surface area contributed by atoms with Gasteiger partial charge in [-0.15, -0.1) is 0 Å². The highest BCUT2D eigenvalue weighted by molar-refractivity contribution is 7.48. The van der Waals surface area contributed by atoms with Crippen LogP contribution in [0, 0.1) is 11.3 Å². The van der Waals surface area contributed by atoms with Crippen LogP contribution in [0.5, 0.6) is 0 Å². The van der Waals surface area contributed by atoms with E-state index in [4.69, 9.17) is 28.8 Å². The van der Waals surface area contributed by atoms with Crippen LogP contribution in [0.4, 0.5) is 5.82 Å². The summed E-state index contributed by atoms with van der Waals surface area (Å²) in [7, 11) is -3.88. The molecule has 0 bridgehead atoms. The average molecular weight is 510 g/mol. The van der Waals surface area contributed by atoms with Gasteiger partial charge in [0.05, 0.1) is 36.3 Å². The first-order chi connectivity index (χ1) is 16.0. The lowest BCUT2D eigenvalue weighted by atomic mass is 10.0. The van der Waals surface area contributed by atoms with Gasteiger partial charge in [0.25, 0.3) is 0 Å². The summed E-state index contributed by atoms with van der Waals surface area (Å²) < 4.78 is 46.2. The molecule has 12 heteroatoms. The van der Waals surface area contributed by atoms with Crippen LogP contribution in [0.25, 0.3) is 11.2 Å². The molecule has 5 atom stereocenters. The summed E-state index contributed by atoms with van der Waals surface area (Å²) in [6.45, 7) is 14.9. The van der Waals surface area contributed by atoms with Crippen molar-refractivity contribution in [2.45, 2.75) is 97.0 Å². The summed E-state index contributed by atoms with van der Waals surface area (Å²) in [5.41, 5.74) is 5.39. The van der Waals surface area contributed by atoms with Crippen LogP contribution in [0.1, 0.15) is 67.9 Å². The molecular weight excluding hydrogens is 473 g/mol. The number of ether oxygens (including phenoxy) is 2. The fourth-order valence-electron chi connectivity index (χ4n) is 5.48. The second kappa shape index (κ2) is 7.69. The van der Waals surface area contributed by atoms with Crippen molar-refractivity contribution in [3.8, 4) is 0 Å². The predicted molar refractivity (Wildman–Crippen MR) is 128 cm³/mol. The Balaban J connectivity index is 1.46. The van der Waals surface area contributed by atoms with E-state index >= 15 is 0 Å². The number of nitrogens with zero attached hydrogens (tertiary/aromatic N) is 4. The fourth-order valence-corrected chi connectivity index (χ4v) is 7.36. The molecular formula is C23H36N5O6P. The van der Waals surface area contributed by atoms with E-state index < -0.39 is 30.2 Å². The summed E-state index contributed by atoms with van der Waals surface area (Å²) in [6.07, 6.45) is 3.46. The zero-order valence-corrected chi connectivity index (χ0v) is 22.5. The van der Waals surface area contributed by atoms with E-state index in [1.165, 1.54) is 6.33 Å². The van der Waals surface area contributed by atoms with Crippen molar-refractivity contribution in [1.29, 1.82) is 0 Å². The maximum Gasteiger partial charge on any atom is 0.475 e. The third-order valence-corrected chi connectivity index (χ3v) is 8.58. The molecule has 1 saturated heterocycles. The number of rotatable bonds is 6. The Morgan fingerprint density at radius 2 is 1.77 bits per heavy atom. The number of aromatic nitrogens is 4. The molecule has 35 heavy (non-hydrogen) atoms. The normalized spacial score (nSPS) is 32.1. The zero-order valence-electron chi connectivity index (χ0n) is 21.6. The number of phosphoric acid groups is 1. The third kappa shape index (κ3) is 4.51. The molecule has 2 saturated carbocycles. The summed E-state index contributed by atoms with van der Waals surface area (Å²) in [5, 5.41) is 0. The number of anilines is 1. The quantitative estimate of drug-likeness (QED) is 0.564. The lowest BCUT2D eigenvalue weighted by molar-refractivity contribution is -0.163. The molecule has 2 aliphatic carbocycles. The van der Waals surface area contributed by atoms with Crippen LogP contribution in [0.15, 0.2) is 12.7 Å². The summed E-state index contributed by atoms with van der Waals surface area (Å²) >= 11 is 0. The average Bonchev–Trinajstić information content (AvgIpc) is 2.93. The number of phosphoric ester groups is 1. The molecule has 3 aliphatic rings. The Bertz CT molecular complexity index is 1170. The van der Waals surface area contributed by atoms with Gasteiger partial charge in [-0.1, -0.05) is 0 Å². The van der Waals surface area contributed by atoms with Crippen molar-refractivity contribution >= 4 is 24.8 Å². The number of hydrogen-bond donors (Lipinski definition) is 1. The van der Waals surface area contributed by atoms with Crippen molar-refractivity contribution in [3.05, 3.63) is 12.7 Å². The van der Waals surface area contributed by atoms with Gasteiger partial charge in [-0.05, 0) is 67.7 Å². The number of nitrogen functional groups attached to an aromatic ring is 1. The molecule has 0 spiro atoms. The molecule has 1 aliphatic heterocycles. The lowest BCUT2D eigenvalue weighted by Crippen LogP contribution is -2.34. The van der Waals surface area contributed by atoms with E-state index in [9.17, 15) is 4.57 Å². The van der Waals surface area contributed by atoms with E-state index in [2.05, 4.69) is 15.0 Å². The Kier molecular flexibility index (Phi) is 5.51. The van der Waals surface area contributed by atoms with Gasteiger partial charge in [0.1, 0.15) is 17.9 Å². The Labute approximate surface area is 205 Å². The number of nitrogens with two attached hydrogens (primary N) is 1. The van der Waals surface area contributed by atoms with E-state index in [1.54, 1.807) is 6.33 Å². The summed E-state index contributed by atoms with van der Waals surface area (Å²) in [5.74, 6) is -0.302. The minimum absolute atomic E-state index is 0.101. The molecule has 194 valence electrons. The smallest absolute Gasteiger partial charge is 0.382 e. The van der Waals surface area contributed by atoms with E-state index in [-0.39, 0.29) is 30.8 Å². The maximum absolute atomic E-state index is 13.7. The van der Waals surface area contributed by atoms with Gasteiger partial charge >= 0.3 is 7.82 Å². The van der Waals surface area contributed by atoms with Crippen molar-refractivity contribution in [2.24, 2.45) is 11.3 Å². The SMILES string of the molecule is CC(C)(C)OP(=O)(OC[C@@]12C[C@@H]1[C@@H](n1cnc3c(N)ncnc31)[C@@H]1OC(C)(C)O[C@@H]12)OC(C)(C)C. The standard InChI is InChI=1S/C23H36N5O6P/c1-20(2,3)33-35(29,34-21(4,5)6)30-10-23-9-13(23)15(16-17(23)32-22(7,8)31-16)28-12-27-14-18(24)25-11-26-19(14)28/h11-13,15-17H,9-10H2,1-8H3,(H2,24,25,26)/t13-,15-,16+,17+,23+/m1/s1. The van der Waals surface area contributed by atoms with Crippen LogP contribution < -0.4 is 5.73 Å². The van der Waals surface area contributed by atoms with Crippen molar-refractivity contribution in [3.63, 3.8) is 0 Å². The Morgan fingerprint density at radius 3 is 2.40 bits per heavy atom. The van der Waals surface area contributed by atoms with Crippen LogP contribution in [0.2, 0.25) is 0 Å². The van der Waals surface area contributed by atoms with Gasteiger partial charge in [-0.2, -0.15) is 0 Å². The molecule has 3 fully saturated rings. The van der Waals surface area contributed by atoms with E-state index in [0.717, 1.165) is 6.42 Å². The molecule has 0 amide bonds. The first kappa shape index (κ1) is 25.0. The third-order valence-electron chi connectivity index (χ3n) is 6.59. The molecule has 3 heterocycles. The predicted octanol–water partition coefficient (Wildman–Crippen LogP) is 4.24. The first-order valence-electron chi connectivity index (χ1n) is 12.0. The monoisotopic (exact) mass is 509 g/mol. The van der Waals surface area contributed by atoms with Crippen molar-refractivity contribution < 1.29 is 27.6 Å². The molecule has 2 N–H and O–H groups in total. The fraction of sp³-hybridized carbons (Fsp3) is 0.783. The minimum atomic E-state index is -3.88. The number of imidazole rings is 1. The largest absolute Gasteiger partial charge is 0.475 e. The van der Waals surface area contributed by atoms with Crippen molar-refractivity contribution in [2.75, 3.05) is 12.3 Å². The van der Waals surface area contributed by atoms with Gasteiger partial charge in [0.15, 0.2) is 17.3 Å². The van der Waals surface area contributed by atoms with E-state index in [1.807, 2.05) is 60.0 Å². The summed E-state index contributed by atoms with van der Waals surface area (Å²) in [4.78, 5) is 12.9. The molecule has 5 rings (SSSR count).